The Bertz CT molecular complexity index is 507. The van der Waals surface area contributed by atoms with E-state index in [9.17, 15) is 4.79 Å². The van der Waals surface area contributed by atoms with Gasteiger partial charge < -0.3 is 10.4 Å². The quantitative estimate of drug-likeness (QED) is 0.817. The van der Waals surface area contributed by atoms with E-state index in [4.69, 9.17) is 5.11 Å². The third kappa shape index (κ3) is 2.72. The standard InChI is InChI=1S/C12H14N4O2/c1-9(7-17)15-12(18)10-2-3-11(14-6-10)16-5-4-13-8-16/h2-6,8-9,17H,7H2,1H3,(H,15,18). The molecule has 1 amide bonds. The molecule has 1 unspecified atom stereocenters. The molecule has 0 spiro atoms. The molecule has 2 N–H and O–H groups in total. The molecular weight excluding hydrogens is 232 g/mol. The molecule has 1 atom stereocenters. The third-order valence-corrected chi connectivity index (χ3v) is 2.43. The zero-order valence-corrected chi connectivity index (χ0v) is 9.95. The molecule has 2 rings (SSSR count). The first-order chi connectivity index (χ1) is 8.70. The fourth-order valence-corrected chi connectivity index (χ4v) is 1.42. The second kappa shape index (κ2) is 5.42. The molecule has 0 saturated carbocycles. The van der Waals surface area contributed by atoms with Crippen molar-refractivity contribution >= 4 is 5.91 Å². The first-order valence-corrected chi connectivity index (χ1v) is 5.57. The molecule has 0 radical (unpaired) electrons. The first kappa shape index (κ1) is 12.3. The normalized spacial score (nSPS) is 12.1. The van der Waals surface area contributed by atoms with E-state index in [1.54, 1.807) is 42.3 Å². The molecule has 2 aromatic rings. The fraction of sp³-hybridized carbons (Fsp3) is 0.250. The van der Waals surface area contributed by atoms with Crippen LogP contribution in [0.2, 0.25) is 0 Å². The van der Waals surface area contributed by atoms with Gasteiger partial charge in [0.05, 0.1) is 12.2 Å². The van der Waals surface area contributed by atoms with Crippen LogP contribution in [0.25, 0.3) is 5.82 Å². The molecule has 0 bridgehead atoms. The lowest BCUT2D eigenvalue weighted by atomic mass is 10.2. The molecular formula is C12H14N4O2. The Kier molecular flexibility index (Phi) is 3.69. The maximum absolute atomic E-state index is 11.7. The molecule has 0 fully saturated rings. The molecule has 0 aromatic carbocycles. The van der Waals surface area contributed by atoms with Crippen molar-refractivity contribution in [3.63, 3.8) is 0 Å². The topological polar surface area (TPSA) is 80.0 Å². The van der Waals surface area contributed by atoms with Crippen LogP contribution in [0.4, 0.5) is 0 Å². The molecule has 94 valence electrons. The number of aliphatic hydroxyl groups excluding tert-OH is 1. The average Bonchev–Trinajstić information content (AvgIpc) is 2.92. The summed E-state index contributed by atoms with van der Waals surface area (Å²) in [5, 5.41) is 11.5. The van der Waals surface area contributed by atoms with Crippen LogP contribution in [0.1, 0.15) is 17.3 Å². The van der Waals surface area contributed by atoms with Gasteiger partial charge in [0.25, 0.3) is 5.91 Å². The molecule has 0 saturated heterocycles. The van der Waals surface area contributed by atoms with E-state index in [0.717, 1.165) is 0 Å². The van der Waals surface area contributed by atoms with Crippen LogP contribution in [0.3, 0.4) is 0 Å². The summed E-state index contributed by atoms with van der Waals surface area (Å²) in [4.78, 5) is 19.8. The second-order valence-electron chi connectivity index (χ2n) is 3.93. The van der Waals surface area contributed by atoms with Gasteiger partial charge in [-0.25, -0.2) is 9.97 Å². The summed E-state index contributed by atoms with van der Waals surface area (Å²) in [6, 6.07) is 3.15. The molecule has 2 heterocycles. The smallest absolute Gasteiger partial charge is 0.253 e. The molecule has 0 aliphatic heterocycles. The summed E-state index contributed by atoms with van der Waals surface area (Å²) in [6.45, 7) is 1.64. The van der Waals surface area contributed by atoms with E-state index in [0.29, 0.717) is 11.4 Å². The highest BCUT2D eigenvalue weighted by Gasteiger charge is 2.09. The zero-order chi connectivity index (χ0) is 13.0. The van der Waals surface area contributed by atoms with Gasteiger partial charge in [0.1, 0.15) is 12.1 Å². The fourth-order valence-electron chi connectivity index (χ4n) is 1.42. The Hall–Kier alpha value is -2.21. The van der Waals surface area contributed by atoms with Crippen LogP contribution in [0, 0.1) is 0 Å². The number of rotatable bonds is 4. The summed E-state index contributed by atoms with van der Waals surface area (Å²) in [6.07, 6.45) is 6.56. The van der Waals surface area contributed by atoms with Crippen LogP contribution in [-0.4, -0.2) is 38.2 Å². The molecule has 0 aliphatic rings. The van der Waals surface area contributed by atoms with Gasteiger partial charge in [-0.05, 0) is 19.1 Å². The third-order valence-electron chi connectivity index (χ3n) is 2.43. The van der Waals surface area contributed by atoms with E-state index in [1.165, 1.54) is 6.20 Å². The minimum atomic E-state index is -0.272. The van der Waals surface area contributed by atoms with Gasteiger partial charge in [-0.15, -0.1) is 0 Å². The molecule has 2 aromatic heterocycles. The van der Waals surface area contributed by atoms with Gasteiger partial charge in [0.2, 0.25) is 0 Å². The number of hydrogen-bond donors (Lipinski definition) is 2. The number of carbonyl (C=O) groups excluding carboxylic acids is 1. The van der Waals surface area contributed by atoms with Crippen LogP contribution in [0.15, 0.2) is 37.1 Å². The van der Waals surface area contributed by atoms with Gasteiger partial charge in [-0.1, -0.05) is 0 Å². The summed E-state index contributed by atoms with van der Waals surface area (Å²) in [7, 11) is 0. The molecule has 6 heteroatoms. The van der Waals surface area contributed by atoms with Gasteiger partial charge in [0.15, 0.2) is 0 Å². The number of aliphatic hydroxyl groups is 1. The van der Waals surface area contributed by atoms with Crippen molar-refractivity contribution in [3.05, 3.63) is 42.6 Å². The Morgan fingerprint density at radius 1 is 1.56 bits per heavy atom. The number of carbonyl (C=O) groups is 1. The van der Waals surface area contributed by atoms with Crippen molar-refractivity contribution in [2.75, 3.05) is 6.61 Å². The minimum Gasteiger partial charge on any atom is -0.394 e. The molecule has 18 heavy (non-hydrogen) atoms. The number of nitrogens with one attached hydrogen (secondary N) is 1. The van der Waals surface area contributed by atoms with E-state index >= 15 is 0 Å². The van der Waals surface area contributed by atoms with E-state index in [-0.39, 0.29) is 18.6 Å². The number of hydrogen-bond acceptors (Lipinski definition) is 4. The summed E-state index contributed by atoms with van der Waals surface area (Å²) in [5.74, 6) is 0.445. The maximum Gasteiger partial charge on any atom is 0.253 e. The predicted octanol–water partition coefficient (Wildman–Crippen LogP) is 0.378. The van der Waals surface area contributed by atoms with Crippen molar-refractivity contribution in [2.24, 2.45) is 0 Å². The van der Waals surface area contributed by atoms with Gasteiger partial charge in [-0.3, -0.25) is 9.36 Å². The highest BCUT2D eigenvalue weighted by molar-refractivity contribution is 5.94. The van der Waals surface area contributed by atoms with E-state index in [2.05, 4.69) is 15.3 Å². The first-order valence-electron chi connectivity index (χ1n) is 5.57. The summed E-state index contributed by atoms with van der Waals surface area (Å²) >= 11 is 0. The minimum absolute atomic E-state index is 0.0910. The summed E-state index contributed by atoms with van der Waals surface area (Å²) in [5.41, 5.74) is 0.458. The van der Waals surface area contributed by atoms with Gasteiger partial charge in [-0.2, -0.15) is 0 Å². The highest BCUT2D eigenvalue weighted by atomic mass is 16.3. The van der Waals surface area contributed by atoms with Crippen LogP contribution in [0.5, 0.6) is 0 Å². The van der Waals surface area contributed by atoms with Crippen molar-refractivity contribution in [1.29, 1.82) is 0 Å². The zero-order valence-electron chi connectivity index (χ0n) is 9.95. The Labute approximate surface area is 104 Å². The monoisotopic (exact) mass is 246 g/mol. The lowest BCUT2D eigenvalue weighted by Crippen LogP contribution is -2.35. The SMILES string of the molecule is CC(CO)NC(=O)c1ccc(-n2ccnc2)nc1. The van der Waals surface area contributed by atoms with Gasteiger partial charge in [0, 0.05) is 24.6 Å². The second-order valence-corrected chi connectivity index (χ2v) is 3.93. The lowest BCUT2D eigenvalue weighted by molar-refractivity contribution is 0.0922. The maximum atomic E-state index is 11.7. The van der Waals surface area contributed by atoms with Crippen LogP contribution < -0.4 is 5.32 Å². The Morgan fingerprint density at radius 3 is 2.94 bits per heavy atom. The lowest BCUT2D eigenvalue weighted by Gasteiger charge is -2.10. The average molecular weight is 246 g/mol. The molecule has 6 nitrogen and oxygen atoms in total. The number of pyridine rings is 1. The van der Waals surface area contributed by atoms with Crippen LogP contribution in [-0.2, 0) is 0 Å². The highest BCUT2D eigenvalue weighted by Crippen LogP contribution is 2.05. The van der Waals surface area contributed by atoms with Crippen molar-refractivity contribution < 1.29 is 9.90 Å². The summed E-state index contributed by atoms with van der Waals surface area (Å²) < 4.78 is 1.75. The Balaban J connectivity index is 2.10. The number of nitrogens with zero attached hydrogens (tertiary/aromatic N) is 3. The predicted molar refractivity (Wildman–Crippen MR) is 65.4 cm³/mol. The van der Waals surface area contributed by atoms with Crippen molar-refractivity contribution in [3.8, 4) is 5.82 Å². The number of amides is 1. The Morgan fingerprint density at radius 2 is 2.39 bits per heavy atom. The van der Waals surface area contributed by atoms with Crippen LogP contribution >= 0.6 is 0 Å². The van der Waals surface area contributed by atoms with E-state index in [1.807, 2.05) is 0 Å². The molecule has 0 aliphatic carbocycles. The van der Waals surface area contributed by atoms with Crippen molar-refractivity contribution in [1.82, 2.24) is 19.9 Å². The van der Waals surface area contributed by atoms with Crippen molar-refractivity contribution in [2.45, 2.75) is 13.0 Å². The van der Waals surface area contributed by atoms with Gasteiger partial charge >= 0.3 is 0 Å². The number of imidazole rings is 1. The number of aromatic nitrogens is 3. The largest absolute Gasteiger partial charge is 0.394 e. The van der Waals surface area contributed by atoms with E-state index < -0.39 is 0 Å².